The SMILES string of the molecule is CCNC(=O)NCc1ccccc1-c1ccc([C@H]2O[C@@H](CN(Cc3ccccc3)Cc3ccccc3)[C@@H](C)[C@@H](c3ccc(CO)cc3)O2)cc1. The highest BCUT2D eigenvalue weighted by molar-refractivity contribution is 5.74. The van der Waals surface area contributed by atoms with Gasteiger partial charge in [-0.25, -0.2) is 4.79 Å². The number of hydrogen-bond acceptors (Lipinski definition) is 5. The van der Waals surface area contributed by atoms with Crippen molar-refractivity contribution in [2.75, 3.05) is 13.1 Å². The first-order chi connectivity index (χ1) is 24.5. The van der Waals surface area contributed by atoms with Crippen LogP contribution in [0.1, 0.15) is 59.6 Å². The van der Waals surface area contributed by atoms with E-state index >= 15 is 0 Å². The van der Waals surface area contributed by atoms with Crippen LogP contribution in [0, 0.1) is 5.92 Å². The number of ether oxygens (including phenoxy) is 2. The zero-order valence-corrected chi connectivity index (χ0v) is 28.9. The molecule has 2 amide bonds. The zero-order chi connectivity index (χ0) is 34.7. The van der Waals surface area contributed by atoms with Crippen LogP contribution in [0.2, 0.25) is 0 Å². The van der Waals surface area contributed by atoms with Crippen LogP contribution in [0.4, 0.5) is 4.79 Å². The molecule has 1 heterocycles. The van der Waals surface area contributed by atoms with Gasteiger partial charge in [0.25, 0.3) is 0 Å². The molecule has 1 aliphatic rings. The molecule has 0 unspecified atom stereocenters. The normalized spacial score (nSPS) is 18.9. The first-order valence-electron chi connectivity index (χ1n) is 17.5. The van der Waals surface area contributed by atoms with E-state index in [1.807, 2.05) is 37.3 Å². The van der Waals surface area contributed by atoms with E-state index in [2.05, 4.69) is 126 Å². The summed E-state index contributed by atoms with van der Waals surface area (Å²) in [6, 6.07) is 45.5. The topological polar surface area (TPSA) is 83.1 Å². The maximum absolute atomic E-state index is 12.1. The van der Waals surface area contributed by atoms with Gasteiger partial charge in [0.1, 0.15) is 0 Å². The first kappa shape index (κ1) is 35.1. The number of carbonyl (C=O) groups excluding carboxylic acids is 1. The summed E-state index contributed by atoms with van der Waals surface area (Å²) < 4.78 is 13.7. The molecule has 4 atom stereocenters. The molecular weight excluding hydrogens is 622 g/mol. The average molecular weight is 670 g/mol. The van der Waals surface area contributed by atoms with Gasteiger partial charge in [-0.3, -0.25) is 4.90 Å². The molecule has 7 heteroatoms. The molecule has 258 valence electrons. The highest BCUT2D eigenvalue weighted by Crippen LogP contribution is 2.42. The fraction of sp³-hybridized carbons (Fsp3) is 0.279. The van der Waals surface area contributed by atoms with Crippen molar-refractivity contribution in [2.24, 2.45) is 5.92 Å². The largest absolute Gasteiger partial charge is 0.392 e. The third kappa shape index (κ3) is 9.05. The average Bonchev–Trinajstić information content (AvgIpc) is 3.16. The summed E-state index contributed by atoms with van der Waals surface area (Å²) in [5.74, 6) is 0.0591. The number of aliphatic hydroxyl groups is 1. The Hall–Kier alpha value is -4.79. The summed E-state index contributed by atoms with van der Waals surface area (Å²) in [4.78, 5) is 14.5. The third-order valence-electron chi connectivity index (χ3n) is 9.35. The van der Waals surface area contributed by atoms with Crippen molar-refractivity contribution in [3.63, 3.8) is 0 Å². The van der Waals surface area contributed by atoms with Crippen LogP contribution in [-0.2, 0) is 35.7 Å². The van der Waals surface area contributed by atoms with Crippen LogP contribution in [0.3, 0.4) is 0 Å². The fourth-order valence-electron chi connectivity index (χ4n) is 6.63. The lowest BCUT2D eigenvalue weighted by atomic mass is 9.89. The molecule has 0 radical (unpaired) electrons. The van der Waals surface area contributed by atoms with Gasteiger partial charge in [0.15, 0.2) is 6.29 Å². The number of carbonyl (C=O) groups is 1. The van der Waals surface area contributed by atoms with Gasteiger partial charge in [0, 0.05) is 44.2 Å². The van der Waals surface area contributed by atoms with Gasteiger partial charge in [-0.15, -0.1) is 0 Å². The molecule has 0 aromatic heterocycles. The minimum Gasteiger partial charge on any atom is -0.392 e. The van der Waals surface area contributed by atoms with Crippen LogP contribution in [0.25, 0.3) is 11.1 Å². The van der Waals surface area contributed by atoms with E-state index in [0.29, 0.717) is 13.1 Å². The Labute approximate surface area is 295 Å². The quantitative estimate of drug-likeness (QED) is 0.118. The molecule has 50 heavy (non-hydrogen) atoms. The Bertz CT molecular complexity index is 1740. The molecular formula is C43H47N3O4. The Morgan fingerprint density at radius 2 is 1.30 bits per heavy atom. The number of hydrogen-bond donors (Lipinski definition) is 3. The molecule has 5 aromatic rings. The molecule has 5 aromatic carbocycles. The van der Waals surface area contributed by atoms with Crippen LogP contribution >= 0.6 is 0 Å². The van der Waals surface area contributed by atoms with E-state index in [4.69, 9.17) is 9.47 Å². The second-order valence-corrected chi connectivity index (χ2v) is 13.0. The van der Waals surface area contributed by atoms with Crippen molar-refractivity contribution in [3.05, 3.63) is 167 Å². The van der Waals surface area contributed by atoms with Crippen LogP contribution in [0.5, 0.6) is 0 Å². The summed E-state index contributed by atoms with van der Waals surface area (Å²) in [7, 11) is 0. The maximum atomic E-state index is 12.1. The predicted octanol–water partition coefficient (Wildman–Crippen LogP) is 8.16. The molecule has 3 N–H and O–H groups in total. The molecule has 1 fully saturated rings. The van der Waals surface area contributed by atoms with Gasteiger partial charge in [0.05, 0.1) is 18.8 Å². The Morgan fingerprint density at radius 3 is 1.92 bits per heavy atom. The molecule has 0 bridgehead atoms. The standard InChI is InChI=1S/C43H47N3O4/c1-3-44-43(48)45-26-38-16-10-11-17-39(38)35-22-24-37(25-23-35)42-49-40(31(2)41(50-42)36-20-18-34(30-47)19-21-36)29-46(27-32-12-6-4-7-13-32)28-33-14-8-5-9-15-33/h4-25,31,40-42,47H,3,26-30H2,1-2H3,(H2,44,45,48)/t31-,40+,41+,42+/m1/s1. The Balaban J connectivity index is 1.27. The van der Waals surface area contributed by atoms with Crippen molar-refractivity contribution < 1.29 is 19.4 Å². The van der Waals surface area contributed by atoms with Crippen LogP contribution in [-0.4, -0.2) is 35.2 Å². The van der Waals surface area contributed by atoms with Crippen LogP contribution < -0.4 is 10.6 Å². The van der Waals surface area contributed by atoms with Gasteiger partial charge in [-0.1, -0.05) is 140 Å². The highest BCUT2D eigenvalue weighted by atomic mass is 16.7. The van der Waals surface area contributed by atoms with E-state index in [0.717, 1.165) is 53.0 Å². The van der Waals surface area contributed by atoms with E-state index in [9.17, 15) is 9.90 Å². The van der Waals surface area contributed by atoms with E-state index in [1.54, 1.807) is 0 Å². The summed E-state index contributed by atoms with van der Waals surface area (Å²) in [5, 5.41) is 15.4. The van der Waals surface area contributed by atoms with E-state index in [1.165, 1.54) is 11.1 Å². The molecule has 0 aliphatic carbocycles. The number of nitrogens with one attached hydrogen (secondary N) is 2. The number of urea groups is 1. The number of aliphatic hydroxyl groups excluding tert-OH is 1. The van der Waals surface area contributed by atoms with Crippen molar-refractivity contribution in [2.45, 2.75) is 58.6 Å². The lowest BCUT2D eigenvalue weighted by Crippen LogP contribution is -2.44. The maximum Gasteiger partial charge on any atom is 0.315 e. The van der Waals surface area contributed by atoms with Gasteiger partial charge in [-0.05, 0) is 45.9 Å². The zero-order valence-electron chi connectivity index (χ0n) is 28.9. The summed E-state index contributed by atoms with van der Waals surface area (Å²) in [5.41, 5.74) is 8.54. The smallest absolute Gasteiger partial charge is 0.315 e. The number of amides is 2. The van der Waals surface area contributed by atoms with Gasteiger partial charge >= 0.3 is 6.03 Å². The first-order valence-corrected chi connectivity index (χ1v) is 17.5. The van der Waals surface area contributed by atoms with Crippen molar-refractivity contribution in [3.8, 4) is 11.1 Å². The highest BCUT2D eigenvalue weighted by Gasteiger charge is 2.39. The van der Waals surface area contributed by atoms with E-state index < -0.39 is 6.29 Å². The van der Waals surface area contributed by atoms with Gasteiger partial charge in [-0.2, -0.15) is 0 Å². The second kappa shape index (κ2) is 17.2. The van der Waals surface area contributed by atoms with E-state index in [-0.39, 0.29) is 30.8 Å². The fourth-order valence-corrected chi connectivity index (χ4v) is 6.63. The summed E-state index contributed by atoms with van der Waals surface area (Å²) in [6.07, 6.45) is -0.898. The Morgan fingerprint density at radius 1 is 0.700 bits per heavy atom. The minimum absolute atomic E-state index is 0.00112. The van der Waals surface area contributed by atoms with Crippen LogP contribution in [0.15, 0.2) is 133 Å². The third-order valence-corrected chi connectivity index (χ3v) is 9.35. The van der Waals surface area contributed by atoms with Gasteiger partial charge < -0.3 is 25.2 Å². The number of rotatable bonds is 13. The molecule has 1 saturated heterocycles. The predicted molar refractivity (Wildman–Crippen MR) is 198 cm³/mol. The van der Waals surface area contributed by atoms with Crippen molar-refractivity contribution in [1.29, 1.82) is 0 Å². The summed E-state index contributed by atoms with van der Waals surface area (Å²) >= 11 is 0. The molecule has 1 aliphatic heterocycles. The summed E-state index contributed by atoms with van der Waals surface area (Å²) in [6.45, 7) is 7.44. The van der Waals surface area contributed by atoms with Crippen molar-refractivity contribution >= 4 is 6.03 Å². The molecule has 0 spiro atoms. The number of nitrogens with zero attached hydrogens (tertiary/aromatic N) is 1. The molecule has 6 rings (SSSR count). The number of benzene rings is 5. The van der Waals surface area contributed by atoms with Crippen molar-refractivity contribution in [1.82, 2.24) is 15.5 Å². The van der Waals surface area contributed by atoms with Gasteiger partial charge in [0.2, 0.25) is 0 Å². The Kier molecular flexibility index (Phi) is 12.1. The monoisotopic (exact) mass is 669 g/mol. The molecule has 7 nitrogen and oxygen atoms in total. The minimum atomic E-state index is -0.572. The second-order valence-electron chi connectivity index (χ2n) is 13.0. The lowest BCUT2D eigenvalue weighted by molar-refractivity contribution is -0.276. The molecule has 0 saturated carbocycles. The lowest BCUT2D eigenvalue weighted by Gasteiger charge is -2.43.